The molecule has 0 bridgehead atoms. The Labute approximate surface area is 130 Å². The van der Waals surface area contributed by atoms with Crippen LogP contribution in [0.2, 0.25) is 0 Å². The Bertz CT molecular complexity index is 790. The van der Waals surface area contributed by atoms with Crippen LogP contribution in [-0.2, 0) is 0 Å². The monoisotopic (exact) mass is 295 g/mol. The molecular weight excluding hydrogens is 274 g/mol. The van der Waals surface area contributed by atoms with Crippen LogP contribution in [-0.4, -0.2) is 21.7 Å². The average Bonchev–Trinajstić information content (AvgIpc) is 2.91. The summed E-state index contributed by atoms with van der Waals surface area (Å²) in [5, 5.41) is 4.47. The first-order valence-corrected chi connectivity index (χ1v) is 7.63. The van der Waals surface area contributed by atoms with E-state index in [1.807, 2.05) is 16.6 Å². The topological polar surface area (TPSA) is 39.4 Å². The van der Waals surface area contributed by atoms with E-state index in [4.69, 9.17) is 4.74 Å². The van der Waals surface area contributed by atoms with Gasteiger partial charge in [0.25, 0.3) is 0 Å². The second-order valence-corrected chi connectivity index (χ2v) is 5.66. The van der Waals surface area contributed by atoms with E-state index >= 15 is 0 Å². The fraction of sp³-hybridized carbons (Fsp3) is 0.333. The average molecular weight is 295 g/mol. The van der Waals surface area contributed by atoms with Crippen LogP contribution in [0, 0.1) is 6.92 Å². The van der Waals surface area contributed by atoms with Gasteiger partial charge in [0.15, 0.2) is 0 Å². The maximum atomic E-state index is 5.23. The third-order valence-electron chi connectivity index (χ3n) is 4.24. The van der Waals surface area contributed by atoms with E-state index in [1.54, 1.807) is 13.4 Å². The number of benzene rings is 1. The van der Waals surface area contributed by atoms with Crippen molar-refractivity contribution >= 4 is 5.52 Å². The zero-order valence-corrected chi connectivity index (χ0v) is 13.5. The summed E-state index contributed by atoms with van der Waals surface area (Å²) in [4.78, 5) is 4.52. The van der Waals surface area contributed by atoms with Crippen molar-refractivity contribution in [2.75, 3.05) is 7.11 Å². The third kappa shape index (κ3) is 2.34. The lowest BCUT2D eigenvalue weighted by molar-refractivity contribution is 0.415. The van der Waals surface area contributed by atoms with Crippen LogP contribution in [0.25, 0.3) is 16.8 Å². The number of aromatic nitrogens is 3. The number of rotatable bonds is 4. The number of fused-ring (bicyclic) bond motifs is 1. The summed E-state index contributed by atoms with van der Waals surface area (Å²) in [7, 11) is 1.68. The molecule has 2 aromatic heterocycles. The van der Waals surface area contributed by atoms with E-state index < -0.39 is 0 Å². The van der Waals surface area contributed by atoms with Gasteiger partial charge in [-0.15, -0.1) is 0 Å². The van der Waals surface area contributed by atoms with Gasteiger partial charge in [0.2, 0.25) is 0 Å². The van der Waals surface area contributed by atoms with Crippen molar-refractivity contribution in [3.05, 3.63) is 47.9 Å². The van der Waals surface area contributed by atoms with Crippen molar-refractivity contribution in [3.63, 3.8) is 0 Å². The Morgan fingerprint density at radius 2 is 1.95 bits per heavy atom. The highest BCUT2D eigenvalue weighted by Gasteiger charge is 2.16. The van der Waals surface area contributed by atoms with Crippen molar-refractivity contribution < 1.29 is 4.74 Å². The number of hydrogen-bond donors (Lipinski definition) is 0. The molecule has 1 unspecified atom stereocenters. The molecule has 2 heterocycles. The Morgan fingerprint density at radius 3 is 2.59 bits per heavy atom. The third-order valence-corrected chi connectivity index (χ3v) is 4.24. The number of hydrogen-bond acceptors (Lipinski definition) is 3. The first-order valence-electron chi connectivity index (χ1n) is 7.63. The number of methoxy groups -OCH3 is 1. The van der Waals surface area contributed by atoms with Crippen LogP contribution in [0.1, 0.15) is 37.4 Å². The summed E-state index contributed by atoms with van der Waals surface area (Å²) in [5.41, 5.74) is 5.67. The smallest absolute Gasteiger partial charge is 0.136 e. The summed E-state index contributed by atoms with van der Waals surface area (Å²) < 4.78 is 7.24. The molecule has 0 saturated heterocycles. The Hall–Kier alpha value is -2.36. The van der Waals surface area contributed by atoms with Gasteiger partial charge < -0.3 is 4.74 Å². The molecule has 0 aliphatic carbocycles. The van der Waals surface area contributed by atoms with Gasteiger partial charge in [0, 0.05) is 11.5 Å². The SMILES string of the molecule is CCC(C)c1ncnn2c(-c3ccc(OC)cc3)cc(C)c12. The lowest BCUT2D eigenvalue weighted by Crippen LogP contribution is -2.03. The minimum atomic E-state index is 0.419. The molecule has 0 saturated carbocycles. The van der Waals surface area contributed by atoms with Gasteiger partial charge in [-0.1, -0.05) is 13.8 Å². The second-order valence-electron chi connectivity index (χ2n) is 5.66. The number of nitrogens with zero attached hydrogens (tertiary/aromatic N) is 3. The predicted octanol–water partition coefficient (Wildman–Crippen LogP) is 4.23. The van der Waals surface area contributed by atoms with E-state index in [2.05, 4.69) is 49.1 Å². The zero-order valence-electron chi connectivity index (χ0n) is 13.5. The fourth-order valence-corrected chi connectivity index (χ4v) is 2.77. The van der Waals surface area contributed by atoms with Crippen LogP contribution in [0.4, 0.5) is 0 Å². The molecule has 1 atom stereocenters. The van der Waals surface area contributed by atoms with Crippen LogP contribution in [0.3, 0.4) is 0 Å². The van der Waals surface area contributed by atoms with E-state index in [1.165, 1.54) is 5.56 Å². The standard InChI is InChI=1S/C18H21N3O/c1-5-12(2)17-18-13(3)10-16(21(18)20-11-19-17)14-6-8-15(22-4)9-7-14/h6-12H,5H2,1-4H3. The highest BCUT2D eigenvalue weighted by Crippen LogP contribution is 2.30. The molecule has 4 nitrogen and oxygen atoms in total. The molecule has 114 valence electrons. The van der Waals surface area contributed by atoms with Crippen molar-refractivity contribution in [1.29, 1.82) is 0 Å². The van der Waals surface area contributed by atoms with E-state index in [9.17, 15) is 0 Å². The normalized spacial score (nSPS) is 12.5. The first kappa shape index (κ1) is 14.6. The summed E-state index contributed by atoms with van der Waals surface area (Å²) in [6.45, 7) is 6.52. The van der Waals surface area contributed by atoms with Crippen LogP contribution >= 0.6 is 0 Å². The minimum Gasteiger partial charge on any atom is -0.497 e. The van der Waals surface area contributed by atoms with Gasteiger partial charge >= 0.3 is 0 Å². The van der Waals surface area contributed by atoms with Crippen molar-refractivity contribution in [2.24, 2.45) is 0 Å². The largest absolute Gasteiger partial charge is 0.497 e. The van der Waals surface area contributed by atoms with Gasteiger partial charge in [-0.25, -0.2) is 9.50 Å². The maximum Gasteiger partial charge on any atom is 0.136 e. The Balaban J connectivity index is 2.19. The molecule has 0 spiro atoms. The highest BCUT2D eigenvalue weighted by atomic mass is 16.5. The quantitative estimate of drug-likeness (QED) is 0.723. The summed E-state index contributed by atoms with van der Waals surface area (Å²) >= 11 is 0. The number of aryl methyl sites for hydroxylation is 1. The lowest BCUT2D eigenvalue weighted by atomic mass is 10.0. The van der Waals surface area contributed by atoms with E-state index in [-0.39, 0.29) is 0 Å². The molecular formula is C18H21N3O. The van der Waals surface area contributed by atoms with Gasteiger partial charge in [0.05, 0.1) is 24.0 Å². The summed E-state index contributed by atoms with van der Waals surface area (Å²) in [6.07, 6.45) is 2.72. The van der Waals surface area contributed by atoms with Crippen molar-refractivity contribution in [3.8, 4) is 17.0 Å². The molecule has 3 aromatic rings. The highest BCUT2D eigenvalue weighted by molar-refractivity contribution is 5.72. The zero-order chi connectivity index (χ0) is 15.7. The van der Waals surface area contributed by atoms with Crippen molar-refractivity contribution in [2.45, 2.75) is 33.1 Å². The van der Waals surface area contributed by atoms with Gasteiger partial charge in [-0.2, -0.15) is 5.10 Å². The summed E-state index contributed by atoms with van der Waals surface area (Å²) in [6, 6.07) is 10.2. The molecule has 0 N–H and O–H groups in total. The second kappa shape index (κ2) is 5.79. The van der Waals surface area contributed by atoms with E-state index in [0.29, 0.717) is 5.92 Å². The first-order chi connectivity index (χ1) is 10.7. The van der Waals surface area contributed by atoms with Crippen LogP contribution in [0.15, 0.2) is 36.7 Å². The minimum absolute atomic E-state index is 0.419. The summed E-state index contributed by atoms with van der Waals surface area (Å²) in [5.74, 6) is 1.28. The molecule has 22 heavy (non-hydrogen) atoms. The molecule has 0 radical (unpaired) electrons. The molecule has 3 rings (SSSR count). The molecule has 0 aliphatic rings. The molecule has 0 amide bonds. The Morgan fingerprint density at radius 1 is 1.23 bits per heavy atom. The van der Waals surface area contributed by atoms with Gasteiger partial charge in [-0.3, -0.25) is 0 Å². The molecule has 4 heteroatoms. The Kier molecular flexibility index (Phi) is 3.84. The van der Waals surface area contributed by atoms with Crippen LogP contribution < -0.4 is 4.74 Å². The van der Waals surface area contributed by atoms with Crippen molar-refractivity contribution in [1.82, 2.24) is 14.6 Å². The van der Waals surface area contributed by atoms with Gasteiger partial charge in [-0.05, 0) is 49.2 Å². The molecule has 1 aromatic carbocycles. The fourth-order valence-electron chi connectivity index (χ4n) is 2.77. The molecule has 0 aliphatic heterocycles. The van der Waals surface area contributed by atoms with E-state index in [0.717, 1.165) is 34.6 Å². The molecule has 0 fully saturated rings. The number of ether oxygens (including phenoxy) is 1. The lowest BCUT2D eigenvalue weighted by Gasteiger charge is -2.11. The van der Waals surface area contributed by atoms with Crippen LogP contribution in [0.5, 0.6) is 5.75 Å². The predicted molar refractivity (Wildman–Crippen MR) is 88.4 cm³/mol. The maximum absolute atomic E-state index is 5.23. The van der Waals surface area contributed by atoms with Gasteiger partial charge in [0.1, 0.15) is 12.1 Å².